The first-order valence-electron chi connectivity index (χ1n) is 9.30. The van der Waals surface area contributed by atoms with Crippen LogP contribution in [0.1, 0.15) is 26.3 Å². The highest BCUT2D eigenvalue weighted by molar-refractivity contribution is 6.31. The Morgan fingerprint density at radius 1 is 0.633 bits per heavy atom. The highest BCUT2D eigenvalue weighted by Crippen LogP contribution is 2.39. The van der Waals surface area contributed by atoms with E-state index in [0.717, 1.165) is 0 Å². The Morgan fingerprint density at radius 3 is 1.30 bits per heavy atom. The maximum atomic E-state index is 13.8. The number of halogens is 3. The van der Waals surface area contributed by atoms with Crippen LogP contribution in [0.15, 0.2) is 72.8 Å². The van der Waals surface area contributed by atoms with Gasteiger partial charge in [-0.3, -0.25) is 4.79 Å². The minimum Gasteiger partial charge on any atom is -0.442 e. The Kier molecular flexibility index (Phi) is 6.66. The van der Waals surface area contributed by atoms with Crippen LogP contribution in [0, 0.1) is 5.41 Å². The summed E-state index contributed by atoms with van der Waals surface area (Å²) in [6, 6.07) is 20.3. The molecule has 0 spiro atoms. The minimum absolute atomic E-state index is 0.262. The van der Waals surface area contributed by atoms with Gasteiger partial charge in [0.25, 0.3) is 0 Å². The van der Waals surface area contributed by atoms with Gasteiger partial charge in [0.15, 0.2) is 0 Å². The first kappa shape index (κ1) is 22.5. The molecular weight excluding hydrogens is 443 g/mol. The number of ketones is 1. The zero-order valence-electron chi connectivity index (χ0n) is 16.8. The van der Waals surface area contributed by atoms with Gasteiger partial charge in [-0.15, -0.1) is 0 Å². The first-order chi connectivity index (χ1) is 14.1. The van der Waals surface area contributed by atoms with Crippen LogP contribution < -0.4 is 9.47 Å². The fraction of sp³-hybridized carbons (Fsp3) is 0.208. The zero-order valence-corrected chi connectivity index (χ0v) is 19.1. The molecule has 0 heterocycles. The van der Waals surface area contributed by atoms with Gasteiger partial charge in [0.05, 0.1) is 0 Å². The fourth-order valence-corrected chi connectivity index (χ4v) is 3.24. The van der Waals surface area contributed by atoms with Crippen LogP contribution in [-0.2, 0) is 10.6 Å². The second-order valence-corrected chi connectivity index (χ2v) is 9.12. The predicted molar refractivity (Wildman–Crippen MR) is 122 cm³/mol. The highest BCUT2D eigenvalue weighted by atomic mass is 35.5. The summed E-state index contributed by atoms with van der Waals surface area (Å²) in [5.74, 6) is -1.16. The van der Waals surface area contributed by atoms with Gasteiger partial charge in [-0.25, -0.2) is 0 Å². The molecule has 0 N–H and O–H groups in total. The van der Waals surface area contributed by atoms with Crippen LogP contribution in [0.2, 0.25) is 15.1 Å². The number of hydrogen-bond donors (Lipinski definition) is 0. The zero-order chi connectivity index (χ0) is 21.9. The molecule has 0 saturated heterocycles. The van der Waals surface area contributed by atoms with E-state index in [-0.39, 0.29) is 5.78 Å². The lowest BCUT2D eigenvalue weighted by Crippen LogP contribution is -2.52. The number of hydrogen-bond acceptors (Lipinski definition) is 3. The van der Waals surface area contributed by atoms with E-state index >= 15 is 0 Å². The normalized spacial score (nSPS) is 11.8. The number of carbonyl (C=O) groups excluding carboxylic acids is 1. The SMILES string of the molecule is CC(C)(C)C(=O)C(Oc1ccc(Cl)cc1)(Oc1ccc(Cl)cc1)c1ccc(Cl)cc1. The second kappa shape index (κ2) is 8.89. The van der Waals surface area contributed by atoms with E-state index in [1.54, 1.807) is 72.8 Å². The molecule has 0 bridgehead atoms. The summed E-state index contributed by atoms with van der Waals surface area (Å²) < 4.78 is 12.6. The number of benzene rings is 3. The van der Waals surface area contributed by atoms with Gasteiger partial charge in [-0.2, -0.15) is 0 Å². The van der Waals surface area contributed by atoms with Crippen LogP contribution >= 0.6 is 34.8 Å². The number of carbonyl (C=O) groups is 1. The molecule has 0 aromatic heterocycles. The lowest BCUT2D eigenvalue weighted by Gasteiger charge is -2.37. The topological polar surface area (TPSA) is 35.5 Å². The molecule has 0 amide bonds. The molecule has 0 aliphatic rings. The lowest BCUT2D eigenvalue weighted by atomic mass is 9.82. The molecule has 30 heavy (non-hydrogen) atoms. The Morgan fingerprint density at radius 2 is 0.967 bits per heavy atom. The molecule has 156 valence electrons. The van der Waals surface area contributed by atoms with Crippen LogP contribution in [0.3, 0.4) is 0 Å². The minimum atomic E-state index is -1.76. The van der Waals surface area contributed by atoms with Crippen molar-refractivity contribution in [3.63, 3.8) is 0 Å². The molecule has 0 radical (unpaired) electrons. The molecule has 0 fully saturated rings. The van der Waals surface area contributed by atoms with E-state index in [4.69, 9.17) is 44.3 Å². The summed E-state index contributed by atoms with van der Waals surface area (Å²) in [6.07, 6.45) is 0. The van der Waals surface area contributed by atoms with E-state index in [2.05, 4.69) is 0 Å². The average molecular weight is 464 g/mol. The molecule has 3 nitrogen and oxygen atoms in total. The Bertz CT molecular complexity index is 958. The Balaban J connectivity index is 2.20. The van der Waals surface area contributed by atoms with Crippen molar-refractivity contribution in [2.75, 3.05) is 0 Å². The lowest BCUT2D eigenvalue weighted by molar-refractivity contribution is -0.176. The maximum absolute atomic E-state index is 13.8. The van der Waals surface area contributed by atoms with Crippen molar-refractivity contribution in [3.05, 3.63) is 93.4 Å². The van der Waals surface area contributed by atoms with Gasteiger partial charge in [-0.05, 0) is 72.8 Å². The largest absolute Gasteiger partial charge is 0.442 e. The van der Waals surface area contributed by atoms with Crippen molar-refractivity contribution in [3.8, 4) is 11.5 Å². The molecule has 0 aliphatic heterocycles. The Labute approximate surface area is 191 Å². The van der Waals surface area contributed by atoms with Crippen LogP contribution in [0.5, 0.6) is 11.5 Å². The number of Topliss-reactive ketones (excluding diaryl/α,β-unsaturated/α-hetero) is 1. The summed E-state index contributed by atoms with van der Waals surface area (Å²) in [4.78, 5) is 13.8. The first-order valence-corrected chi connectivity index (χ1v) is 10.4. The average Bonchev–Trinajstić information content (AvgIpc) is 2.70. The van der Waals surface area contributed by atoms with Crippen molar-refractivity contribution in [2.45, 2.75) is 26.6 Å². The summed E-state index contributed by atoms with van der Waals surface area (Å²) in [5, 5.41) is 1.65. The van der Waals surface area contributed by atoms with E-state index in [1.165, 1.54) is 0 Å². The summed E-state index contributed by atoms with van der Waals surface area (Å²) >= 11 is 18.1. The standard InChI is InChI=1S/C24H21Cl3O3/c1-23(2,3)22(28)24(16-4-6-17(25)7-5-16,29-20-12-8-18(26)9-13-20)30-21-14-10-19(27)11-15-21/h4-15H,1-3H3. The van der Waals surface area contributed by atoms with E-state index < -0.39 is 11.2 Å². The molecule has 3 aromatic carbocycles. The van der Waals surface area contributed by atoms with Gasteiger partial charge >= 0.3 is 5.79 Å². The van der Waals surface area contributed by atoms with Gasteiger partial charge in [0.1, 0.15) is 11.5 Å². The van der Waals surface area contributed by atoms with Crippen molar-refractivity contribution < 1.29 is 14.3 Å². The van der Waals surface area contributed by atoms with Crippen molar-refractivity contribution in [1.29, 1.82) is 0 Å². The third-order valence-corrected chi connectivity index (χ3v) is 5.11. The van der Waals surface area contributed by atoms with Gasteiger partial charge < -0.3 is 9.47 Å². The van der Waals surface area contributed by atoms with Crippen LogP contribution in [-0.4, -0.2) is 5.78 Å². The molecule has 0 unspecified atom stereocenters. The number of rotatable bonds is 6. The van der Waals surface area contributed by atoms with Crippen LogP contribution in [0.25, 0.3) is 0 Å². The quantitative estimate of drug-likeness (QED) is 0.354. The summed E-state index contributed by atoms with van der Waals surface area (Å²) in [5.41, 5.74) is -0.268. The van der Waals surface area contributed by atoms with Gasteiger partial charge in [0, 0.05) is 26.0 Å². The molecule has 6 heteroatoms. The monoisotopic (exact) mass is 462 g/mol. The Hall–Kier alpha value is -2.20. The molecule has 0 aliphatic carbocycles. The van der Waals surface area contributed by atoms with E-state index in [1.807, 2.05) is 20.8 Å². The third kappa shape index (κ3) is 5.10. The van der Waals surface area contributed by atoms with E-state index in [9.17, 15) is 4.79 Å². The fourth-order valence-electron chi connectivity index (χ4n) is 2.86. The van der Waals surface area contributed by atoms with E-state index in [0.29, 0.717) is 32.1 Å². The van der Waals surface area contributed by atoms with Crippen molar-refractivity contribution in [1.82, 2.24) is 0 Å². The molecule has 3 aromatic rings. The molecule has 0 saturated carbocycles. The predicted octanol–water partition coefficient (Wildman–Crippen LogP) is 7.57. The summed E-state index contributed by atoms with van der Waals surface area (Å²) in [6.45, 7) is 5.45. The molecule has 0 atom stereocenters. The van der Waals surface area contributed by atoms with Gasteiger partial charge in [-0.1, -0.05) is 55.6 Å². The number of ether oxygens (including phenoxy) is 2. The highest BCUT2D eigenvalue weighted by Gasteiger charge is 2.50. The van der Waals surface area contributed by atoms with Gasteiger partial charge in [0.2, 0.25) is 5.78 Å². The van der Waals surface area contributed by atoms with Crippen molar-refractivity contribution >= 4 is 40.6 Å². The third-order valence-electron chi connectivity index (χ3n) is 4.35. The molecule has 3 rings (SSSR count). The van der Waals surface area contributed by atoms with Crippen LogP contribution in [0.4, 0.5) is 0 Å². The summed E-state index contributed by atoms with van der Waals surface area (Å²) in [7, 11) is 0. The van der Waals surface area contributed by atoms with Crippen molar-refractivity contribution in [2.24, 2.45) is 5.41 Å². The second-order valence-electron chi connectivity index (χ2n) is 7.81. The smallest absolute Gasteiger partial charge is 0.339 e. The molecular formula is C24H21Cl3O3. The maximum Gasteiger partial charge on any atom is 0.339 e.